The number of benzene rings is 1. The molecule has 54 valence electrons. The molecule has 0 atom stereocenters. The van der Waals surface area contributed by atoms with Crippen molar-refractivity contribution in [2.24, 2.45) is 0 Å². The van der Waals surface area contributed by atoms with Gasteiger partial charge in [-0.3, -0.25) is 4.79 Å². The zero-order chi connectivity index (χ0) is 8.27. The van der Waals surface area contributed by atoms with E-state index in [0.717, 1.165) is 0 Å². The molecule has 0 aliphatic heterocycles. The van der Waals surface area contributed by atoms with Crippen molar-refractivity contribution in [3.63, 3.8) is 0 Å². The molecular weight excluding hydrogens is 138 g/mol. The smallest absolute Gasteiger partial charge is 0.235 e. The summed E-state index contributed by atoms with van der Waals surface area (Å²) in [6.07, 6.45) is 4.91. The summed E-state index contributed by atoms with van der Waals surface area (Å²) in [6, 6.07) is 6.50. The predicted octanol–water partition coefficient (Wildman–Crippen LogP) is 1.08. The Morgan fingerprint density at radius 1 is 1.36 bits per heavy atom. The second-order valence-electron chi connectivity index (χ2n) is 2.10. The van der Waals surface area contributed by atoms with Crippen LogP contribution in [0.4, 0.5) is 5.69 Å². The zero-order valence-electron chi connectivity index (χ0n) is 5.87. The van der Waals surface area contributed by atoms with Crippen molar-refractivity contribution < 1.29 is 4.79 Å². The van der Waals surface area contributed by atoms with Crippen LogP contribution in [0.15, 0.2) is 24.3 Å². The first kappa shape index (κ1) is 7.36. The molecule has 0 unspecified atom stereocenters. The highest BCUT2D eigenvalue weighted by Gasteiger charge is 1.98. The molecule has 0 amide bonds. The lowest BCUT2D eigenvalue weighted by Crippen LogP contribution is -1.94. The van der Waals surface area contributed by atoms with E-state index in [0.29, 0.717) is 11.3 Å². The number of Topliss-reactive ketones (excluding diaryl/α,β-unsaturated/α-hetero) is 1. The largest absolute Gasteiger partial charge is 0.399 e. The summed E-state index contributed by atoms with van der Waals surface area (Å²) in [6.45, 7) is 0. The van der Waals surface area contributed by atoms with Gasteiger partial charge >= 0.3 is 0 Å². The monoisotopic (exact) mass is 145 g/mol. The van der Waals surface area contributed by atoms with Gasteiger partial charge < -0.3 is 5.73 Å². The molecule has 0 saturated carbocycles. The zero-order valence-corrected chi connectivity index (χ0v) is 5.87. The third-order valence-electron chi connectivity index (χ3n) is 1.30. The molecule has 0 bridgehead atoms. The van der Waals surface area contributed by atoms with Crippen molar-refractivity contribution in [1.29, 1.82) is 0 Å². The molecule has 2 heteroatoms. The summed E-state index contributed by atoms with van der Waals surface area (Å²) < 4.78 is 0. The van der Waals surface area contributed by atoms with E-state index in [1.807, 2.05) is 5.92 Å². The Hall–Kier alpha value is -1.75. The van der Waals surface area contributed by atoms with E-state index in [9.17, 15) is 4.79 Å². The van der Waals surface area contributed by atoms with Gasteiger partial charge in [-0.1, -0.05) is 0 Å². The minimum atomic E-state index is -0.315. The number of rotatable bonds is 1. The van der Waals surface area contributed by atoms with Gasteiger partial charge in [0.25, 0.3) is 0 Å². The van der Waals surface area contributed by atoms with E-state index >= 15 is 0 Å². The summed E-state index contributed by atoms with van der Waals surface area (Å²) in [5, 5.41) is 0. The third-order valence-corrected chi connectivity index (χ3v) is 1.30. The maximum absolute atomic E-state index is 10.8. The van der Waals surface area contributed by atoms with Gasteiger partial charge in [-0.05, 0) is 30.2 Å². The Labute approximate surface area is 65.0 Å². The van der Waals surface area contributed by atoms with Gasteiger partial charge in [-0.25, -0.2) is 0 Å². The first-order chi connectivity index (χ1) is 5.24. The fraction of sp³-hybridized carbons (Fsp3) is 0. The van der Waals surface area contributed by atoms with Crippen LogP contribution in [0.5, 0.6) is 0 Å². The maximum Gasteiger partial charge on any atom is 0.235 e. The summed E-state index contributed by atoms with van der Waals surface area (Å²) in [5.74, 6) is 1.71. The lowest BCUT2D eigenvalue weighted by atomic mass is 10.1. The minimum Gasteiger partial charge on any atom is -0.399 e. The molecule has 0 heterocycles. The van der Waals surface area contributed by atoms with Crippen molar-refractivity contribution in [2.45, 2.75) is 0 Å². The van der Waals surface area contributed by atoms with Crippen LogP contribution in [0.1, 0.15) is 10.4 Å². The number of nitrogens with two attached hydrogens (primary N) is 1. The average Bonchev–Trinajstić information content (AvgIpc) is 2.05. The number of terminal acetylenes is 1. The number of carbonyl (C=O) groups excluding carboxylic acids is 1. The highest BCUT2D eigenvalue weighted by atomic mass is 16.1. The fourth-order valence-electron chi connectivity index (χ4n) is 0.718. The lowest BCUT2D eigenvalue weighted by molar-refractivity contribution is 0.105. The molecule has 1 aromatic carbocycles. The molecule has 2 N–H and O–H groups in total. The molecule has 0 saturated heterocycles. The Balaban J connectivity index is 3.01. The van der Waals surface area contributed by atoms with Crippen molar-refractivity contribution >= 4 is 11.5 Å². The van der Waals surface area contributed by atoms with E-state index in [-0.39, 0.29) is 5.78 Å². The molecule has 1 rings (SSSR count). The summed E-state index contributed by atoms with van der Waals surface area (Å²) in [5.41, 5.74) is 6.53. The van der Waals surface area contributed by atoms with Crippen LogP contribution in [-0.2, 0) is 0 Å². The Bertz CT molecular complexity index is 305. The van der Waals surface area contributed by atoms with Crippen LogP contribution in [0.3, 0.4) is 0 Å². The van der Waals surface area contributed by atoms with E-state index in [2.05, 4.69) is 0 Å². The average molecular weight is 145 g/mol. The molecule has 0 aliphatic rings. The molecular formula is C9H7NO. The molecule has 2 nitrogen and oxygen atoms in total. The Morgan fingerprint density at radius 2 is 1.91 bits per heavy atom. The minimum absolute atomic E-state index is 0.315. The number of ketones is 1. The molecule has 0 spiro atoms. The summed E-state index contributed by atoms with van der Waals surface area (Å²) in [7, 11) is 0. The van der Waals surface area contributed by atoms with Gasteiger partial charge in [0.1, 0.15) is 0 Å². The van der Waals surface area contributed by atoms with Crippen molar-refractivity contribution in [1.82, 2.24) is 0 Å². The summed E-state index contributed by atoms with van der Waals surface area (Å²) in [4.78, 5) is 10.8. The molecule has 0 aromatic heterocycles. The van der Waals surface area contributed by atoms with Gasteiger partial charge in [-0.15, -0.1) is 6.42 Å². The first-order valence-corrected chi connectivity index (χ1v) is 3.10. The Morgan fingerprint density at radius 3 is 2.36 bits per heavy atom. The van der Waals surface area contributed by atoms with Crippen LogP contribution in [0, 0.1) is 12.3 Å². The van der Waals surface area contributed by atoms with Crippen LogP contribution >= 0.6 is 0 Å². The lowest BCUT2D eigenvalue weighted by Gasteiger charge is -1.93. The second-order valence-corrected chi connectivity index (χ2v) is 2.10. The second kappa shape index (κ2) is 2.89. The fourth-order valence-corrected chi connectivity index (χ4v) is 0.718. The predicted molar refractivity (Wildman–Crippen MR) is 44.0 cm³/mol. The summed E-state index contributed by atoms with van der Waals surface area (Å²) >= 11 is 0. The third kappa shape index (κ3) is 1.59. The quantitative estimate of drug-likeness (QED) is 0.278. The van der Waals surface area contributed by atoms with Gasteiger partial charge in [0.05, 0.1) is 0 Å². The van der Waals surface area contributed by atoms with Gasteiger partial charge in [-0.2, -0.15) is 0 Å². The molecule has 0 fully saturated rings. The van der Waals surface area contributed by atoms with Crippen LogP contribution in [0.2, 0.25) is 0 Å². The number of hydrogen-bond donors (Lipinski definition) is 1. The van der Waals surface area contributed by atoms with Crippen molar-refractivity contribution in [3.8, 4) is 12.3 Å². The Kier molecular flexibility index (Phi) is 1.93. The molecule has 0 radical (unpaired) electrons. The number of anilines is 1. The van der Waals surface area contributed by atoms with Crippen molar-refractivity contribution in [2.75, 3.05) is 5.73 Å². The SMILES string of the molecule is C#CC(=O)c1ccc(N)cc1. The standard InChI is InChI=1S/C9H7NO/c1-2-9(11)7-3-5-8(10)6-4-7/h1,3-6H,10H2. The molecule has 1 aromatic rings. The van der Waals surface area contributed by atoms with Crippen LogP contribution in [0.25, 0.3) is 0 Å². The number of carbonyl (C=O) groups is 1. The van der Waals surface area contributed by atoms with E-state index in [1.54, 1.807) is 24.3 Å². The highest BCUT2D eigenvalue weighted by molar-refractivity contribution is 6.08. The van der Waals surface area contributed by atoms with E-state index in [4.69, 9.17) is 12.2 Å². The van der Waals surface area contributed by atoms with Gasteiger partial charge in [0, 0.05) is 11.3 Å². The van der Waals surface area contributed by atoms with E-state index < -0.39 is 0 Å². The maximum atomic E-state index is 10.8. The van der Waals surface area contributed by atoms with Crippen LogP contribution in [-0.4, -0.2) is 5.78 Å². The van der Waals surface area contributed by atoms with Gasteiger partial charge in [0.2, 0.25) is 5.78 Å². The first-order valence-electron chi connectivity index (χ1n) is 3.10. The van der Waals surface area contributed by atoms with Gasteiger partial charge in [0.15, 0.2) is 0 Å². The molecule has 0 aliphatic carbocycles. The highest BCUT2D eigenvalue weighted by Crippen LogP contribution is 2.05. The van der Waals surface area contributed by atoms with Crippen molar-refractivity contribution in [3.05, 3.63) is 29.8 Å². The van der Waals surface area contributed by atoms with Crippen LogP contribution < -0.4 is 5.73 Å². The molecule has 11 heavy (non-hydrogen) atoms. The topological polar surface area (TPSA) is 43.1 Å². The van der Waals surface area contributed by atoms with E-state index in [1.165, 1.54) is 0 Å². The number of nitrogen functional groups attached to an aromatic ring is 1. The normalized spacial score (nSPS) is 8.64. The number of hydrogen-bond acceptors (Lipinski definition) is 2.